The maximum Gasteiger partial charge on any atom is 0.370 e. The first-order valence-electron chi connectivity index (χ1n) is 11.0. The minimum Gasteiger partial charge on any atom is -0.476 e. The van der Waals surface area contributed by atoms with Gasteiger partial charge in [-0.3, -0.25) is 4.79 Å². The fraction of sp³-hybridized carbons (Fsp3) is 0.826. The number of carbonyl (C=O) groups excluding carboxylic acids is 1. The van der Waals surface area contributed by atoms with E-state index in [1.165, 1.54) is 57.8 Å². The molecular weight excluding hydrogens is 338 g/mol. The van der Waals surface area contributed by atoms with Crippen LogP contribution < -0.4 is 0 Å². The number of ketones is 1. The molecule has 4 nitrogen and oxygen atoms in total. The second kappa shape index (κ2) is 15.9. The maximum absolute atomic E-state index is 12.2. The number of allylic oxidation sites excluding steroid dienone is 2. The molecule has 0 aromatic heterocycles. The number of likely N-dealkylation sites (N-methyl/N-ethyl adjacent to an activating group) is 1. The summed E-state index contributed by atoms with van der Waals surface area (Å²) in [5, 5.41) is 9.26. The van der Waals surface area contributed by atoms with E-state index in [9.17, 15) is 14.7 Å². The molecule has 1 N–H and O–H groups in total. The van der Waals surface area contributed by atoms with Crippen LogP contribution in [0, 0.1) is 0 Å². The zero-order valence-electron chi connectivity index (χ0n) is 18.3. The summed E-state index contributed by atoms with van der Waals surface area (Å²) in [4.78, 5) is 23.5. The van der Waals surface area contributed by atoms with Gasteiger partial charge in [-0.1, -0.05) is 70.4 Å². The predicted molar refractivity (Wildman–Crippen MR) is 114 cm³/mol. The molecule has 158 valence electrons. The van der Waals surface area contributed by atoms with E-state index in [0.717, 1.165) is 25.7 Å². The predicted octanol–water partition coefficient (Wildman–Crippen LogP) is 5.75. The topological polar surface area (TPSA) is 54.4 Å². The molecule has 0 saturated heterocycles. The first kappa shape index (κ1) is 25.8. The van der Waals surface area contributed by atoms with Crippen molar-refractivity contribution in [2.45, 2.75) is 103 Å². The lowest BCUT2D eigenvalue weighted by Crippen LogP contribution is -2.54. The molecule has 0 bridgehead atoms. The van der Waals surface area contributed by atoms with Gasteiger partial charge in [-0.25, -0.2) is 4.79 Å². The quantitative estimate of drug-likeness (QED) is 0.142. The Bertz CT molecular complexity index is 424. The molecule has 0 radical (unpaired) electrons. The largest absolute Gasteiger partial charge is 0.476 e. The molecule has 0 aromatic carbocycles. The van der Waals surface area contributed by atoms with Crippen LogP contribution >= 0.6 is 0 Å². The normalized spacial score (nSPS) is 13.2. The first-order valence-corrected chi connectivity index (χ1v) is 11.0. The third-order valence-corrected chi connectivity index (χ3v) is 5.00. The summed E-state index contributed by atoms with van der Waals surface area (Å²) in [7, 11) is 5.28. The number of carbonyl (C=O) groups is 2. The standard InChI is InChI=1S/C23H43NO3/c1-5-6-7-8-9-10-11-12-13-14-15-16-17-18-19-20-21(25)22(23(26)27)24(2,3)4/h12-13,22H,5-11,14-20H2,1-4H3/p+1. The second-order valence-electron chi connectivity index (χ2n) is 8.66. The van der Waals surface area contributed by atoms with Gasteiger partial charge in [0.05, 0.1) is 21.1 Å². The SMILES string of the molecule is CCCCCCCCC=CCCCCCCCC(=O)C(C(=O)O)[N+](C)(C)C. The monoisotopic (exact) mass is 382 g/mol. The molecule has 1 unspecified atom stereocenters. The molecule has 0 rings (SSSR count). The van der Waals surface area contributed by atoms with E-state index >= 15 is 0 Å². The number of Topliss-reactive ketones (excluding diaryl/α,β-unsaturated/α-hetero) is 1. The molecule has 0 aliphatic rings. The molecule has 0 saturated carbocycles. The van der Waals surface area contributed by atoms with Crippen LogP contribution in [0.2, 0.25) is 0 Å². The Morgan fingerprint density at radius 2 is 1.22 bits per heavy atom. The van der Waals surface area contributed by atoms with Gasteiger partial charge in [0.1, 0.15) is 0 Å². The van der Waals surface area contributed by atoms with Gasteiger partial charge in [-0.2, -0.15) is 0 Å². The van der Waals surface area contributed by atoms with Crippen LogP contribution in [-0.2, 0) is 9.59 Å². The van der Waals surface area contributed by atoms with Crippen LogP contribution in [-0.4, -0.2) is 48.5 Å². The second-order valence-corrected chi connectivity index (χ2v) is 8.66. The zero-order valence-corrected chi connectivity index (χ0v) is 18.3. The van der Waals surface area contributed by atoms with Crippen molar-refractivity contribution in [1.82, 2.24) is 0 Å². The van der Waals surface area contributed by atoms with E-state index in [-0.39, 0.29) is 10.3 Å². The van der Waals surface area contributed by atoms with E-state index in [0.29, 0.717) is 6.42 Å². The summed E-state index contributed by atoms with van der Waals surface area (Å²) >= 11 is 0. The lowest BCUT2D eigenvalue weighted by molar-refractivity contribution is -0.878. The van der Waals surface area contributed by atoms with Crippen molar-refractivity contribution in [2.24, 2.45) is 0 Å². The highest BCUT2D eigenvalue weighted by atomic mass is 16.4. The molecule has 0 aliphatic heterocycles. The Hall–Kier alpha value is -1.16. The Balaban J connectivity index is 3.58. The van der Waals surface area contributed by atoms with Crippen molar-refractivity contribution in [2.75, 3.05) is 21.1 Å². The van der Waals surface area contributed by atoms with Gasteiger partial charge in [-0.15, -0.1) is 0 Å². The molecule has 0 spiro atoms. The third-order valence-electron chi connectivity index (χ3n) is 5.00. The number of nitrogens with zero attached hydrogens (tertiary/aromatic N) is 1. The van der Waals surface area contributed by atoms with E-state index in [1.54, 1.807) is 21.1 Å². The van der Waals surface area contributed by atoms with Gasteiger partial charge in [-0.05, 0) is 32.1 Å². The van der Waals surface area contributed by atoms with Crippen molar-refractivity contribution in [3.8, 4) is 0 Å². The Kier molecular flexibility index (Phi) is 15.2. The fourth-order valence-electron chi connectivity index (χ4n) is 3.41. The number of carboxylic acids is 1. The van der Waals surface area contributed by atoms with Gasteiger partial charge in [0.2, 0.25) is 11.8 Å². The summed E-state index contributed by atoms with van der Waals surface area (Å²) < 4.78 is 0.152. The number of hydrogen-bond donors (Lipinski definition) is 1. The van der Waals surface area contributed by atoms with Crippen molar-refractivity contribution in [1.29, 1.82) is 0 Å². The number of quaternary nitrogens is 1. The van der Waals surface area contributed by atoms with Crippen molar-refractivity contribution < 1.29 is 19.2 Å². The highest BCUT2D eigenvalue weighted by molar-refractivity contribution is 6.01. The number of rotatable bonds is 18. The van der Waals surface area contributed by atoms with Crippen LogP contribution in [0.4, 0.5) is 0 Å². The number of unbranched alkanes of at least 4 members (excludes halogenated alkanes) is 11. The molecule has 0 heterocycles. The van der Waals surface area contributed by atoms with Crippen LogP contribution in [0.3, 0.4) is 0 Å². The number of carboxylic acid groups (broad SMARTS) is 1. The van der Waals surface area contributed by atoms with Gasteiger partial charge < -0.3 is 9.59 Å². The van der Waals surface area contributed by atoms with E-state index in [2.05, 4.69) is 19.1 Å². The highest BCUT2D eigenvalue weighted by Gasteiger charge is 2.37. The molecule has 0 aliphatic carbocycles. The minimum atomic E-state index is -1.01. The van der Waals surface area contributed by atoms with Crippen LogP contribution in [0.5, 0.6) is 0 Å². The molecule has 0 aromatic rings. The zero-order chi connectivity index (χ0) is 20.5. The van der Waals surface area contributed by atoms with Crippen molar-refractivity contribution in [3.63, 3.8) is 0 Å². The van der Waals surface area contributed by atoms with Gasteiger partial charge in [0.25, 0.3) is 0 Å². The Morgan fingerprint density at radius 3 is 1.67 bits per heavy atom. The highest BCUT2D eigenvalue weighted by Crippen LogP contribution is 2.13. The Morgan fingerprint density at radius 1 is 0.778 bits per heavy atom. The van der Waals surface area contributed by atoms with Crippen molar-refractivity contribution >= 4 is 11.8 Å². The average Bonchev–Trinajstić information content (AvgIpc) is 2.56. The molecule has 1 atom stereocenters. The van der Waals surface area contributed by atoms with Crippen LogP contribution in [0.25, 0.3) is 0 Å². The molecule has 27 heavy (non-hydrogen) atoms. The van der Waals surface area contributed by atoms with E-state index < -0.39 is 12.0 Å². The average molecular weight is 383 g/mol. The summed E-state index contributed by atoms with van der Waals surface area (Å²) in [5.41, 5.74) is 0. The molecule has 4 heteroatoms. The van der Waals surface area contributed by atoms with E-state index in [4.69, 9.17) is 0 Å². The lowest BCUT2D eigenvalue weighted by Gasteiger charge is -2.29. The number of hydrogen-bond acceptors (Lipinski definition) is 2. The van der Waals surface area contributed by atoms with Gasteiger partial charge in [0, 0.05) is 6.42 Å². The summed E-state index contributed by atoms with van der Waals surface area (Å²) in [6.45, 7) is 2.25. The minimum absolute atomic E-state index is 0.146. The molecule has 0 fully saturated rings. The maximum atomic E-state index is 12.2. The first-order chi connectivity index (χ1) is 12.8. The summed E-state index contributed by atoms with van der Waals surface area (Å²) in [6, 6.07) is -0.943. The van der Waals surface area contributed by atoms with Crippen molar-refractivity contribution in [3.05, 3.63) is 12.2 Å². The lowest BCUT2D eigenvalue weighted by atomic mass is 10.0. The molecular formula is C23H44NO3+. The van der Waals surface area contributed by atoms with Crippen LogP contribution in [0.1, 0.15) is 96.8 Å². The van der Waals surface area contributed by atoms with Gasteiger partial charge in [0.15, 0.2) is 0 Å². The summed E-state index contributed by atoms with van der Waals surface area (Å²) in [6.07, 6.45) is 20.9. The van der Waals surface area contributed by atoms with Gasteiger partial charge >= 0.3 is 5.97 Å². The van der Waals surface area contributed by atoms with E-state index in [1.807, 2.05) is 0 Å². The fourth-order valence-corrected chi connectivity index (χ4v) is 3.41. The molecule has 0 amide bonds. The summed E-state index contributed by atoms with van der Waals surface area (Å²) in [5.74, 6) is -1.16. The van der Waals surface area contributed by atoms with Crippen LogP contribution in [0.15, 0.2) is 12.2 Å². The Labute approximate surface area is 167 Å². The third kappa shape index (κ3) is 14.6. The smallest absolute Gasteiger partial charge is 0.370 e. The number of aliphatic carboxylic acids is 1.